The summed E-state index contributed by atoms with van der Waals surface area (Å²) in [4.78, 5) is 41.0. The highest BCUT2D eigenvalue weighted by Crippen LogP contribution is 2.28. The van der Waals surface area contributed by atoms with Crippen LogP contribution in [0.1, 0.15) is 34.6 Å². The molecule has 0 radical (unpaired) electrons. The van der Waals surface area contributed by atoms with Crippen LogP contribution in [0.5, 0.6) is 0 Å². The summed E-state index contributed by atoms with van der Waals surface area (Å²) in [7, 11) is 0. The highest BCUT2D eigenvalue weighted by Gasteiger charge is 2.45. The van der Waals surface area contributed by atoms with Gasteiger partial charge in [-0.1, -0.05) is 26.0 Å². The van der Waals surface area contributed by atoms with Crippen LogP contribution < -0.4 is 0 Å². The first kappa shape index (κ1) is 15.7. The van der Waals surface area contributed by atoms with E-state index >= 15 is 0 Å². The molecule has 0 aliphatic carbocycles. The minimum absolute atomic E-state index is 0.160. The number of amides is 3. The number of benzene rings is 1. The van der Waals surface area contributed by atoms with Crippen LogP contribution in [0.4, 0.5) is 0 Å². The summed E-state index contributed by atoms with van der Waals surface area (Å²) in [5, 5.41) is 0. The van der Waals surface area contributed by atoms with E-state index in [9.17, 15) is 14.4 Å². The van der Waals surface area contributed by atoms with E-state index < -0.39 is 6.04 Å². The van der Waals surface area contributed by atoms with Crippen LogP contribution in [0.15, 0.2) is 24.3 Å². The summed E-state index contributed by atoms with van der Waals surface area (Å²) in [5.41, 5.74) is 0.746. The highest BCUT2D eigenvalue weighted by molar-refractivity contribution is 6.22. The Morgan fingerprint density at radius 2 is 1.57 bits per heavy atom. The number of fused-ring (bicyclic) bond motifs is 1. The highest BCUT2D eigenvalue weighted by atomic mass is 16.5. The van der Waals surface area contributed by atoms with E-state index in [1.54, 1.807) is 29.2 Å². The number of hydrogen-bond donors (Lipinski definition) is 0. The summed E-state index contributed by atoms with van der Waals surface area (Å²) in [6, 6.07) is 5.93. The van der Waals surface area contributed by atoms with Gasteiger partial charge in [0.05, 0.1) is 24.3 Å². The van der Waals surface area contributed by atoms with Crippen LogP contribution in [0.25, 0.3) is 0 Å². The fourth-order valence-electron chi connectivity index (χ4n) is 3.13. The van der Waals surface area contributed by atoms with Gasteiger partial charge in [0.2, 0.25) is 5.91 Å². The van der Waals surface area contributed by atoms with Gasteiger partial charge in [-0.2, -0.15) is 0 Å². The zero-order chi connectivity index (χ0) is 16.6. The van der Waals surface area contributed by atoms with Crippen LogP contribution in [-0.2, 0) is 9.53 Å². The second-order valence-electron chi connectivity index (χ2n) is 6.15. The van der Waals surface area contributed by atoms with Crippen molar-refractivity contribution in [2.75, 3.05) is 26.3 Å². The predicted octanol–water partition coefficient (Wildman–Crippen LogP) is 1.17. The minimum atomic E-state index is -0.777. The second-order valence-corrected chi connectivity index (χ2v) is 6.15. The zero-order valence-corrected chi connectivity index (χ0v) is 13.3. The van der Waals surface area contributed by atoms with Crippen molar-refractivity contribution >= 4 is 17.7 Å². The van der Waals surface area contributed by atoms with Gasteiger partial charge in [-0.3, -0.25) is 19.3 Å². The quantitative estimate of drug-likeness (QED) is 0.785. The number of morpholine rings is 1. The van der Waals surface area contributed by atoms with Crippen molar-refractivity contribution in [2.45, 2.75) is 19.9 Å². The molecule has 1 aromatic carbocycles. The molecule has 23 heavy (non-hydrogen) atoms. The first-order chi connectivity index (χ1) is 11.0. The number of hydrogen-bond acceptors (Lipinski definition) is 4. The molecular formula is C17H20N2O4. The molecule has 1 fully saturated rings. The van der Waals surface area contributed by atoms with Crippen molar-refractivity contribution in [3.8, 4) is 0 Å². The number of imide groups is 1. The Labute approximate surface area is 135 Å². The lowest BCUT2D eigenvalue weighted by atomic mass is 10.0. The number of ether oxygens (including phenoxy) is 1. The van der Waals surface area contributed by atoms with Gasteiger partial charge in [0.1, 0.15) is 6.04 Å². The number of rotatable bonds is 3. The Balaban J connectivity index is 1.92. The largest absolute Gasteiger partial charge is 0.378 e. The maximum absolute atomic E-state index is 12.9. The van der Waals surface area contributed by atoms with E-state index in [-0.39, 0.29) is 23.6 Å². The van der Waals surface area contributed by atoms with Crippen molar-refractivity contribution in [3.05, 3.63) is 35.4 Å². The summed E-state index contributed by atoms with van der Waals surface area (Å²) in [6.45, 7) is 5.66. The maximum atomic E-state index is 12.9. The Kier molecular flexibility index (Phi) is 4.17. The van der Waals surface area contributed by atoms with Gasteiger partial charge < -0.3 is 9.64 Å². The average Bonchev–Trinajstić information content (AvgIpc) is 2.81. The lowest BCUT2D eigenvalue weighted by molar-refractivity contribution is -0.140. The van der Waals surface area contributed by atoms with E-state index in [2.05, 4.69) is 0 Å². The average molecular weight is 316 g/mol. The molecule has 1 saturated heterocycles. The normalized spacial score (nSPS) is 19.3. The molecule has 1 aromatic rings. The van der Waals surface area contributed by atoms with E-state index in [1.807, 2.05) is 13.8 Å². The van der Waals surface area contributed by atoms with Crippen LogP contribution in [0.2, 0.25) is 0 Å². The Bertz CT molecular complexity index is 615. The molecule has 0 spiro atoms. The molecule has 3 amide bonds. The van der Waals surface area contributed by atoms with Crippen molar-refractivity contribution in [1.29, 1.82) is 0 Å². The molecule has 0 bridgehead atoms. The Morgan fingerprint density at radius 3 is 2.04 bits per heavy atom. The standard InChI is InChI=1S/C17H20N2O4/c1-11(2)14(17(22)18-7-9-23-10-8-18)19-15(20)12-5-3-4-6-13(12)16(19)21/h3-6,11,14H,7-10H2,1-2H3/t14-/m1/s1. The molecule has 2 aliphatic heterocycles. The molecule has 0 unspecified atom stereocenters. The molecule has 0 saturated carbocycles. The first-order valence-corrected chi connectivity index (χ1v) is 7.86. The third-order valence-corrected chi connectivity index (χ3v) is 4.31. The molecule has 122 valence electrons. The lowest BCUT2D eigenvalue weighted by Gasteiger charge is -2.35. The van der Waals surface area contributed by atoms with Gasteiger partial charge in [0, 0.05) is 13.1 Å². The van der Waals surface area contributed by atoms with Crippen molar-refractivity contribution in [1.82, 2.24) is 9.80 Å². The van der Waals surface area contributed by atoms with Crippen LogP contribution in [0.3, 0.4) is 0 Å². The second kappa shape index (κ2) is 6.12. The number of carbonyl (C=O) groups excluding carboxylic acids is 3. The Morgan fingerprint density at radius 1 is 1.04 bits per heavy atom. The van der Waals surface area contributed by atoms with Gasteiger partial charge in [0.15, 0.2) is 0 Å². The lowest BCUT2D eigenvalue weighted by Crippen LogP contribution is -2.55. The van der Waals surface area contributed by atoms with Crippen molar-refractivity contribution in [2.24, 2.45) is 5.92 Å². The fraction of sp³-hybridized carbons (Fsp3) is 0.471. The summed E-state index contributed by atoms with van der Waals surface area (Å²) in [6.07, 6.45) is 0. The number of carbonyl (C=O) groups is 3. The molecular weight excluding hydrogens is 296 g/mol. The molecule has 0 N–H and O–H groups in total. The van der Waals surface area contributed by atoms with E-state index in [0.29, 0.717) is 37.4 Å². The van der Waals surface area contributed by atoms with Crippen LogP contribution in [0, 0.1) is 5.92 Å². The summed E-state index contributed by atoms with van der Waals surface area (Å²) >= 11 is 0. The smallest absolute Gasteiger partial charge is 0.262 e. The van der Waals surface area contributed by atoms with E-state index in [1.165, 1.54) is 0 Å². The van der Waals surface area contributed by atoms with E-state index in [0.717, 1.165) is 4.90 Å². The third kappa shape index (κ3) is 2.63. The number of nitrogens with zero attached hydrogens (tertiary/aromatic N) is 2. The van der Waals surface area contributed by atoms with Gasteiger partial charge in [0.25, 0.3) is 11.8 Å². The molecule has 1 atom stereocenters. The molecule has 6 nitrogen and oxygen atoms in total. The molecule has 2 aliphatic rings. The van der Waals surface area contributed by atoms with Crippen molar-refractivity contribution < 1.29 is 19.1 Å². The molecule has 2 heterocycles. The maximum Gasteiger partial charge on any atom is 0.262 e. The summed E-state index contributed by atoms with van der Waals surface area (Å²) < 4.78 is 5.27. The Hall–Kier alpha value is -2.21. The predicted molar refractivity (Wildman–Crippen MR) is 83.0 cm³/mol. The monoisotopic (exact) mass is 316 g/mol. The first-order valence-electron chi connectivity index (χ1n) is 7.86. The minimum Gasteiger partial charge on any atom is -0.378 e. The van der Waals surface area contributed by atoms with Gasteiger partial charge >= 0.3 is 0 Å². The fourth-order valence-corrected chi connectivity index (χ4v) is 3.13. The zero-order valence-electron chi connectivity index (χ0n) is 13.3. The van der Waals surface area contributed by atoms with E-state index in [4.69, 9.17) is 4.74 Å². The molecule has 3 rings (SSSR count). The third-order valence-electron chi connectivity index (χ3n) is 4.31. The van der Waals surface area contributed by atoms with Gasteiger partial charge in [-0.15, -0.1) is 0 Å². The SMILES string of the molecule is CC(C)[C@H](C(=O)N1CCOCC1)N1C(=O)c2ccccc2C1=O. The topological polar surface area (TPSA) is 66.9 Å². The van der Waals surface area contributed by atoms with Crippen LogP contribution >= 0.6 is 0 Å². The van der Waals surface area contributed by atoms with Gasteiger partial charge in [-0.05, 0) is 18.1 Å². The van der Waals surface area contributed by atoms with Crippen molar-refractivity contribution in [3.63, 3.8) is 0 Å². The van der Waals surface area contributed by atoms with Gasteiger partial charge in [-0.25, -0.2) is 0 Å². The molecule has 6 heteroatoms. The van der Waals surface area contributed by atoms with Crippen LogP contribution in [-0.4, -0.2) is 59.9 Å². The summed E-state index contributed by atoms with van der Waals surface area (Å²) in [5.74, 6) is -1.11. The molecule has 0 aromatic heterocycles.